The van der Waals surface area contributed by atoms with E-state index in [1.807, 2.05) is 18.9 Å². The number of rotatable bonds is 3. The lowest BCUT2D eigenvalue weighted by molar-refractivity contribution is -0.126. The van der Waals surface area contributed by atoms with E-state index in [-0.39, 0.29) is 11.6 Å². The number of carbonyl (C=O) groups is 2. The van der Waals surface area contributed by atoms with Crippen LogP contribution in [-0.2, 0) is 4.79 Å². The minimum absolute atomic E-state index is 0.235. The van der Waals surface area contributed by atoms with Gasteiger partial charge in [-0.05, 0) is 36.8 Å². The summed E-state index contributed by atoms with van der Waals surface area (Å²) in [6.07, 6.45) is -3.52. The number of hydrogen-bond acceptors (Lipinski definition) is 4. The molecule has 0 radical (unpaired) electrons. The second-order valence-electron chi connectivity index (χ2n) is 5.72. The zero-order chi connectivity index (χ0) is 18.1. The van der Waals surface area contributed by atoms with Crippen LogP contribution in [0.4, 0.5) is 20.3 Å². The van der Waals surface area contributed by atoms with Crippen LogP contribution >= 0.6 is 0 Å². The molecule has 0 aliphatic carbocycles. The third kappa shape index (κ3) is 3.28. The molecule has 0 spiro atoms. The van der Waals surface area contributed by atoms with E-state index in [2.05, 4.69) is 15.6 Å². The van der Waals surface area contributed by atoms with E-state index in [1.165, 1.54) is 12.1 Å². The molecule has 130 valence electrons. The Kier molecular flexibility index (Phi) is 4.35. The van der Waals surface area contributed by atoms with Crippen molar-refractivity contribution in [1.29, 1.82) is 0 Å². The van der Waals surface area contributed by atoms with Gasteiger partial charge in [-0.25, -0.2) is 4.98 Å². The molecule has 0 fully saturated rings. The monoisotopic (exact) mass is 346 g/mol. The van der Waals surface area contributed by atoms with Crippen molar-refractivity contribution in [3.63, 3.8) is 0 Å². The number of aromatic nitrogens is 1. The maximum atomic E-state index is 12.3. The van der Waals surface area contributed by atoms with Gasteiger partial charge in [0.15, 0.2) is 0 Å². The number of aryl methyl sites for hydroxylation is 1. The number of anilines is 2. The van der Waals surface area contributed by atoms with Crippen molar-refractivity contribution in [1.82, 2.24) is 10.3 Å². The summed E-state index contributed by atoms with van der Waals surface area (Å²) in [4.78, 5) is 29.6. The normalized spacial score (nSPS) is 16.4. The first-order valence-corrected chi connectivity index (χ1v) is 7.57. The first kappa shape index (κ1) is 16.8. The maximum Gasteiger partial charge on any atom is 0.315 e. The van der Waals surface area contributed by atoms with Gasteiger partial charge in [0, 0.05) is 18.4 Å². The third-order valence-electron chi connectivity index (χ3n) is 3.94. The molecule has 6 nitrogen and oxygen atoms in total. The summed E-state index contributed by atoms with van der Waals surface area (Å²) < 4.78 is 24.6. The van der Waals surface area contributed by atoms with Crippen LogP contribution in [0.25, 0.3) is 0 Å². The minimum atomic E-state index is -3.07. The predicted octanol–water partition coefficient (Wildman–Crippen LogP) is 2.47. The van der Waals surface area contributed by atoms with Gasteiger partial charge in [0.1, 0.15) is 12.0 Å². The molecule has 1 aliphatic rings. The smallest absolute Gasteiger partial charge is 0.315 e. The molecule has 0 saturated carbocycles. The summed E-state index contributed by atoms with van der Waals surface area (Å²) in [6, 6.07) is 9.83. The largest absolute Gasteiger partial charge is 0.335 e. The third-order valence-corrected chi connectivity index (χ3v) is 3.94. The van der Waals surface area contributed by atoms with Crippen molar-refractivity contribution in [2.45, 2.75) is 19.5 Å². The minimum Gasteiger partial charge on any atom is -0.335 e. The summed E-state index contributed by atoms with van der Waals surface area (Å²) in [5.41, 5.74) is 2.28. The fourth-order valence-corrected chi connectivity index (χ4v) is 2.66. The Morgan fingerprint density at radius 1 is 1.24 bits per heavy atom. The van der Waals surface area contributed by atoms with Crippen molar-refractivity contribution in [3.05, 3.63) is 53.2 Å². The maximum absolute atomic E-state index is 12.3. The number of hydrogen-bond donors (Lipinski definition) is 2. The van der Waals surface area contributed by atoms with Crippen LogP contribution in [0.15, 0.2) is 36.4 Å². The van der Waals surface area contributed by atoms with Gasteiger partial charge in [0.25, 0.3) is 11.8 Å². The molecule has 0 unspecified atom stereocenters. The van der Waals surface area contributed by atoms with E-state index in [0.717, 1.165) is 11.3 Å². The highest BCUT2D eigenvalue weighted by molar-refractivity contribution is 6.01. The van der Waals surface area contributed by atoms with Gasteiger partial charge in [0.2, 0.25) is 0 Å². The lowest BCUT2D eigenvalue weighted by Crippen LogP contribution is -2.45. The van der Waals surface area contributed by atoms with E-state index in [4.69, 9.17) is 0 Å². The lowest BCUT2D eigenvalue weighted by Gasteiger charge is -2.35. The highest BCUT2D eigenvalue weighted by Gasteiger charge is 2.30. The van der Waals surface area contributed by atoms with Crippen LogP contribution in [0.5, 0.6) is 0 Å². The molecule has 0 saturated heterocycles. The number of nitrogens with one attached hydrogen (secondary N) is 2. The Morgan fingerprint density at radius 2 is 1.92 bits per heavy atom. The molecule has 8 heteroatoms. The van der Waals surface area contributed by atoms with Crippen LogP contribution in [-0.4, -0.2) is 30.3 Å². The Morgan fingerprint density at radius 3 is 2.56 bits per heavy atom. The molecule has 3 rings (SSSR count). The van der Waals surface area contributed by atoms with E-state index >= 15 is 0 Å². The first-order chi connectivity index (χ1) is 11.9. The van der Waals surface area contributed by atoms with Gasteiger partial charge < -0.3 is 15.5 Å². The number of pyridine rings is 1. The van der Waals surface area contributed by atoms with Crippen molar-refractivity contribution in [2.75, 3.05) is 17.3 Å². The predicted molar refractivity (Wildman–Crippen MR) is 88.7 cm³/mol. The molecule has 2 heterocycles. The molecule has 0 bridgehead atoms. The number of carbonyl (C=O) groups excluding carboxylic acids is 2. The second kappa shape index (κ2) is 6.46. The molecular weight excluding hydrogens is 330 g/mol. The van der Waals surface area contributed by atoms with E-state index < -0.39 is 18.5 Å². The number of nitrogens with zero attached hydrogens (tertiary/aromatic N) is 2. The Labute approximate surface area is 142 Å². The van der Waals surface area contributed by atoms with Gasteiger partial charge in [0.05, 0.1) is 5.56 Å². The summed E-state index contributed by atoms with van der Waals surface area (Å²) in [5, 5.41) is 4.99. The lowest BCUT2D eigenvalue weighted by atomic mass is 10.1. The van der Waals surface area contributed by atoms with Crippen LogP contribution in [0.2, 0.25) is 0 Å². The van der Waals surface area contributed by atoms with Gasteiger partial charge >= 0.3 is 6.43 Å². The average Bonchev–Trinajstić information content (AvgIpc) is 2.58. The fraction of sp³-hybridized carbons (Fsp3) is 0.235. The summed E-state index contributed by atoms with van der Waals surface area (Å²) in [6.45, 7) is 1.84. The zero-order valence-corrected chi connectivity index (χ0v) is 13.6. The highest BCUT2D eigenvalue weighted by Crippen LogP contribution is 2.30. The summed E-state index contributed by atoms with van der Waals surface area (Å²) in [7, 11) is 1.81. The van der Waals surface area contributed by atoms with Crippen molar-refractivity contribution < 1.29 is 18.4 Å². The summed E-state index contributed by atoms with van der Waals surface area (Å²) >= 11 is 0. The van der Waals surface area contributed by atoms with Crippen molar-refractivity contribution in [3.8, 4) is 0 Å². The van der Waals surface area contributed by atoms with Crippen LogP contribution in [0.1, 0.15) is 27.8 Å². The SMILES string of the molecule is Cc1ccc2c(n1)N(C)[C@@H](c1ccc(NC(=O)C(F)F)cc1)NC2=O. The molecule has 2 aromatic rings. The number of alkyl halides is 2. The Balaban J connectivity index is 1.85. The zero-order valence-electron chi connectivity index (χ0n) is 13.6. The number of amides is 2. The molecule has 1 aromatic heterocycles. The van der Waals surface area contributed by atoms with Gasteiger partial charge in [-0.15, -0.1) is 0 Å². The van der Waals surface area contributed by atoms with Gasteiger partial charge in [-0.2, -0.15) is 8.78 Å². The second-order valence-corrected chi connectivity index (χ2v) is 5.72. The topological polar surface area (TPSA) is 74.3 Å². The van der Waals surface area contributed by atoms with E-state index in [1.54, 1.807) is 24.3 Å². The number of fused-ring (bicyclic) bond motifs is 1. The molecule has 1 atom stereocenters. The molecule has 2 N–H and O–H groups in total. The van der Waals surface area contributed by atoms with Crippen molar-refractivity contribution >= 4 is 23.3 Å². The molecule has 1 aromatic carbocycles. The summed E-state index contributed by atoms with van der Waals surface area (Å²) in [5.74, 6) is -1.02. The van der Waals surface area contributed by atoms with Crippen LogP contribution in [0.3, 0.4) is 0 Å². The molecule has 1 aliphatic heterocycles. The molecule has 2 amide bonds. The Bertz CT molecular complexity index is 824. The quantitative estimate of drug-likeness (QED) is 0.895. The van der Waals surface area contributed by atoms with Gasteiger partial charge in [-0.3, -0.25) is 9.59 Å². The number of benzene rings is 1. The Hall–Kier alpha value is -3.03. The van der Waals surface area contributed by atoms with E-state index in [0.29, 0.717) is 11.4 Å². The number of halogens is 2. The fourth-order valence-electron chi connectivity index (χ4n) is 2.66. The first-order valence-electron chi connectivity index (χ1n) is 7.57. The average molecular weight is 346 g/mol. The van der Waals surface area contributed by atoms with Crippen LogP contribution < -0.4 is 15.5 Å². The van der Waals surface area contributed by atoms with Gasteiger partial charge in [-0.1, -0.05) is 12.1 Å². The molecular formula is C17H16F2N4O2. The van der Waals surface area contributed by atoms with E-state index in [9.17, 15) is 18.4 Å². The van der Waals surface area contributed by atoms with Crippen LogP contribution in [0, 0.1) is 6.92 Å². The highest BCUT2D eigenvalue weighted by atomic mass is 19.3. The van der Waals surface area contributed by atoms with Crippen molar-refractivity contribution in [2.24, 2.45) is 0 Å². The standard InChI is InChI=1S/C17H16F2N4O2/c1-9-3-8-12-15(20-9)23(2)14(22-16(12)24)10-4-6-11(7-5-10)21-17(25)13(18)19/h3-8,13-14H,1-2H3,(H,21,25)(H,22,24)/t14-/m0/s1. The molecule has 25 heavy (non-hydrogen) atoms.